The summed E-state index contributed by atoms with van der Waals surface area (Å²) in [5.41, 5.74) is 0.439. The van der Waals surface area contributed by atoms with Crippen LogP contribution in [0.5, 0.6) is 0 Å². The van der Waals surface area contributed by atoms with E-state index in [1.807, 2.05) is 5.38 Å². The summed E-state index contributed by atoms with van der Waals surface area (Å²) >= 11 is 2.36. The van der Waals surface area contributed by atoms with E-state index in [9.17, 15) is 13.2 Å². The number of nitrogens with zero attached hydrogens (tertiary/aromatic N) is 1. The van der Waals surface area contributed by atoms with Gasteiger partial charge in [-0.05, 0) is 17.9 Å². The molecule has 0 bridgehead atoms. The Balaban J connectivity index is 2.14. The molecule has 108 valence electrons. The zero-order chi connectivity index (χ0) is 14.8. The van der Waals surface area contributed by atoms with Crippen molar-refractivity contribution in [2.75, 3.05) is 6.54 Å². The number of carboxylic acid groups (broad SMARTS) is 1. The number of aromatic nitrogens is 1. The summed E-state index contributed by atoms with van der Waals surface area (Å²) in [7, 11) is -3.82. The van der Waals surface area contributed by atoms with Crippen LogP contribution in [-0.4, -0.2) is 31.0 Å². The van der Waals surface area contributed by atoms with Crippen LogP contribution >= 0.6 is 22.7 Å². The highest BCUT2D eigenvalue weighted by molar-refractivity contribution is 7.89. The molecule has 0 saturated heterocycles. The number of hydrogen-bond donors (Lipinski definition) is 2. The molecule has 2 rings (SSSR count). The Kier molecular flexibility index (Phi) is 4.53. The first-order valence-electron chi connectivity index (χ1n) is 5.61. The lowest BCUT2D eigenvalue weighted by atomic mass is 10.3. The van der Waals surface area contributed by atoms with Crippen LogP contribution in [0.3, 0.4) is 0 Å². The molecule has 0 radical (unpaired) electrons. The predicted molar refractivity (Wildman–Crippen MR) is 77.0 cm³/mol. The van der Waals surface area contributed by atoms with Crippen LogP contribution in [0.4, 0.5) is 0 Å². The number of aryl methyl sites for hydroxylation is 1. The number of thiazole rings is 1. The molecule has 0 saturated carbocycles. The number of aromatic carboxylic acids is 1. The Morgan fingerprint density at radius 1 is 1.45 bits per heavy atom. The minimum absolute atomic E-state index is 0.144. The van der Waals surface area contributed by atoms with E-state index in [0.717, 1.165) is 16.3 Å². The van der Waals surface area contributed by atoms with Crippen molar-refractivity contribution in [3.63, 3.8) is 0 Å². The largest absolute Gasteiger partial charge is 0.477 e. The van der Waals surface area contributed by atoms with Crippen molar-refractivity contribution < 1.29 is 18.3 Å². The molecule has 0 amide bonds. The van der Waals surface area contributed by atoms with Gasteiger partial charge >= 0.3 is 5.97 Å². The van der Waals surface area contributed by atoms with Crippen LogP contribution in [-0.2, 0) is 16.4 Å². The molecule has 20 heavy (non-hydrogen) atoms. The van der Waals surface area contributed by atoms with Crippen molar-refractivity contribution in [3.8, 4) is 0 Å². The quantitative estimate of drug-likeness (QED) is 0.840. The second-order valence-electron chi connectivity index (χ2n) is 3.96. The van der Waals surface area contributed by atoms with Gasteiger partial charge in [0, 0.05) is 24.5 Å². The molecule has 0 aliphatic rings. The van der Waals surface area contributed by atoms with Gasteiger partial charge in [0.1, 0.15) is 9.77 Å². The second-order valence-corrected chi connectivity index (χ2v) is 7.52. The standard InChI is InChI=1S/C11H12N2O4S3/c1-7-6-19-9(11(14)15)10(7)20(16,17)13-3-2-8-12-4-5-18-8/h4-6,13H,2-3H2,1H3,(H,14,15). The van der Waals surface area contributed by atoms with Gasteiger partial charge in [0.05, 0.1) is 5.01 Å². The average Bonchev–Trinajstić information content (AvgIpc) is 2.98. The summed E-state index contributed by atoms with van der Waals surface area (Å²) in [5, 5.41) is 13.2. The van der Waals surface area contributed by atoms with E-state index >= 15 is 0 Å². The highest BCUT2D eigenvalue weighted by Gasteiger charge is 2.26. The molecule has 2 aromatic heterocycles. The zero-order valence-corrected chi connectivity index (χ0v) is 12.9. The SMILES string of the molecule is Cc1csc(C(=O)O)c1S(=O)(=O)NCCc1nccs1. The molecule has 2 N–H and O–H groups in total. The molecule has 0 atom stereocenters. The van der Waals surface area contributed by atoms with Gasteiger partial charge in [0.15, 0.2) is 0 Å². The fourth-order valence-corrected chi connectivity index (χ4v) is 4.93. The lowest BCUT2D eigenvalue weighted by Crippen LogP contribution is -2.27. The summed E-state index contributed by atoms with van der Waals surface area (Å²) < 4.78 is 26.8. The maximum atomic E-state index is 12.2. The van der Waals surface area contributed by atoms with Crippen LogP contribution in [0.25, 0.3) is 0 Å². The smallest absolute Gasteiger partial charge is 0.347 e. The molecule has 2 aromatic rings. The Hall–Kier alpha value is -1.29. The second kappa shape index (κ2) is 6.00. The Bertz CT molecular complexity index is 704. The third-order valence-electron chi connectivity index (χ3n) is 2.50. The summed E-state index contributed by atoms with van der Waals surface area (Å²) in [5.74, 6) is -1.23. The van der Waals surface area contributed by atoms with Gasteiger partial charge in [-0.3, -0.25) is 0 Å². The maximum Gasteiger partial charge on any atom is 0.347 e. The van der Waals surface area contributed by atoms with E-state index in [4.69, 9.17) is 5.11 Å². The molecule has 9 heteroatoms. The molecule has 0 fully saturated rings. The number of carbonyl (C=O) groups is 1. The van der Waals surface area contributed by atoms with Gasteiger partial charge < -0.3 is 5.11 Å². The Morgan fingerprint density at radius 3 is 2.80 bits per heavy atom. The minimum atomic E-state index is -3.82. The van der Waals surface area contributed by atoms with E-state index in [2.05, 4.69) is 9.71 Å². The normalized spacial score (nSPS) is 11.7. The first-order chi connectivity index (χ1) is 9.42. The molecule has 6 nitrogen and oxygen atoms in total. The van der Waals surface area contributed by atoms with Gasteiger partial charge in [-0.1, -0.05) is 0 Å². The van der Waals surface area contributed by atoms with Crippen molar-refractivity contribution in [2.24, 2.45) is 0 Å². The Morgan fingerprint density at radius 2 is 2.20 bits per heavy atom. The van der Waals surface area contributed by atoms with Crippen LogP contribution in [0.2, 0.25) is 0 Å². The van der Waals surface area contributed by atoms with Gasteiger partial charge in [-0.2, -0.15) is 0 Å². The van der Waals surface area contributed by atoms with Gasteiger partial charge in [0.25, 0.3) is 0 Å². The van der Waals surface area contributed by atoms with Crippen molar-refractivity contribution in [1.82, 2.24) is 9.71 Å². The minimum Gasteiger partial charge on any atom is -0.477 e. The summed E-state index contributed by atoms with van der Waals surface area (Å²) in [6.45, 7) is 1.77. The Labute approximate surface area is 124 Å². The molecule has 0 aliphatic carbocycles. The van der Waals surface area contributed by atoms with Crippen molar-refractivity contribution in [2.45, 2.75) is 18.2 Å². The van der Waals surface area contributed by atoms with Gasteiger partial charge in [-0.25, -0.2) is 22.9 Å². The number of carboxylic acids is 1. The number of nitrogens with one attached hydrogen (secondary N) is 1. The fraction of sp³-hybridized carbons (Fsp3) is 0.273. The van der Waals surface area contributed by atoms with Crippen LogP contribution in [0.1, 0.15) is 20.2 Å². The first kappa shape index (κ1) is 15.1. The predicted octanol–water partition coefficient (Wildman–Crippen LogP) is 1.73. The van der Waals surface area contributed by atoms with E-state index in [1.165, 1.54) is 16.7 Å². The maximum absolute atomic E-state index is 12.2. The number of hydrogen-bond acceptors (Lipinski definition) is 6. The summed E-state index contributed by atoms with van der Waals surface area (Å²) in [6, 6.07) is 0. The van der Waals surface area contributed by atoms with E-state index < -0.39 is 16.0 Å². The molecule has 0 spiro atoms. The van der Waals surface area contributed by atoms with E-state index in [-0.39, 0.29) is 16.3 Å². The van der Waals surface area contributed by atoms with Crippen molar-refractivity contribution in [3.05, 3.63) is 32.4 Å². The van der Waals surface area contributed by atoms with Crippen molar-refractivity contribution in [1.29, 1.82) is 0 Å². The number of sulfonamides is 1. The average molecular weight is 332 g/mol. The van der Waals surface area contributed by atoms with E-state index in [1.54, 1.807) is 13.1 Å². The highest BCUT2D eigenvalue weighted by atomic mass is 32.2. The van der Waals surface area contributed by atoms with Gasteiger partial charge in [-0.15, -0.1) is 22.7 Å². The topological polar surface area (TPSA) is 96.4 Å². The lowest BCUT2D eigenvalue weighted by Gasteiger charge is -2.06. The molecule has 0 aliphatic heterocycles. The monoisotopic (exact) mass is 332 g/mol. The molecule has 2 heterocycles. The number of thiophene rings is 1. The molecule has 0 aromatic carbocycles. The zero-order valence-electron chi connectivity index (χ0n) is 10.5. The summed E-state index contributed by atoms with van der Waals surface area (Å²) in [4.78, 5) is 14.8. The van der Waals surface area contributed by atoms with Crippen LogP contribution < -0.4 is 4.72 Å². The molecular weight excluding hydrogens is 320 g/mol. The highest BCUT2D eigenvalue weighted by Crippen LogP contribution is 2.26. The lowest BCUT2D eigenvalue weighted by molar-refractivity contribution is 0.0698. The third kappa shape index (κ3) is 3.23. The first-order valence-corrected chi connectivity index (χ1v) is 8.85. The van der Waals surface area contributed by atoms with E-state index in [0.29, 0.717) is 12.0 Å². The fourth-order valence-electron chi connectivity index (χ4n) is 1.66. The summed E-state index contributed by atoms with van der Waals surface area (Å²) in [6.07, 6.45) is 2.13. The third-order valence-corrected chi connectivity index (χ3v) is 6.20. The van der Waals surface area contributed by atoms with Crippen molar-refractivity contribution >= 4 is 38.7 Å². The van der Waals surface area contributed by atoms with Crippen LogP contribution in [0.15, 0.2) is 21.9 Å². The molecule has 0 unspecified atom stereocenters. The van der Waals surface area contributed by atoms with Gasteiger partial charge in [0.2, 0.25) is 10.0 Å². The van der Waals surface area contributed by atoms with Crippen LogP contribution in [0, 0.1) is 6.92 Å². The molecular formula is C11H12N2O4S3. The number of rotatable bonds is 6.